The number of methoxy groups -OCH3 is 1. The van der Waals surface area contributed by atoms with Gasteiger partial charge >= 0.3 is 0 Å². The summed E-state index contributed by atoms with van der Waals surface area (Å²) in [5, 5.41) is 20.1. The van der Waals surface area contributed by atoms with E-state index in [1.54, 1.807) is 11.8 Å². The van der Waals surface area contributed by atoms with Gasteiger partial charge < -0.3 is 15.2 Å². The number of aliphatic hydroxyl groups is 1. The Morgan fingerprint density at radius 1 is 1.40 bits per heavy atom. The van der Waals surface area contributed by atoms with Crippen LogP contribution in [-0.4, -0.2) is 40.4 Å². The number of nitrogens with one attached hydrogen (secondary N) is 1. The number of aliphatic hydroxyl groups excluding tert-OH is 1. The summed E-state index contributed by atoms with van der Waals surface area (Å²) >= 11 is 0. The normalized spacial score (nSPS) is 10.7. The fourth-order valence-corrected chi connectivity index (χ4v) is 1.91. The molecule has 0 saturated heterocycles. The van der Waals surface area contributed by atoms with Crippen LogP contribution in [0.15, 0.2) is 30.5 Å². The molecular formula is C14H20N4O2. The lowest BCUT2D eigenvalue weighted by atomic mass is 10.1. The summed E-state index contributed by atoms with van der Waals surface area (Å²) in [6, 6.07) is 8.06. The monoisotopic (exact) mass is 276 g/mol. The Balaban J connectivity index is 1.72. The van der Waals surface area contributed by atoms with Gasteiger partial charge in [-0.05, 0) is 30.7 Å². The van der Waals surface area contributed by atoms with Gasteiger partial charge in [0.2, 0.25) is 0 Å². The first-order chi connectivity index (χ1) is 9.81. The molecule has 2 aromatic rings. The van der Waals surface area contributed by atoms with Crippen LogP contribution in [-0.2, 0) is 19.5 Å². The predicted octanol–water partition coefficient (Wildman–Crippen LogP) is 0.611. The second kappa shape index (κ2) is 7.62. The average molecular weight is 276 g/mol. The van der Waals surface area contributed by atoms with Gasteiger partial charge in [0, 0.05) is 12.7 Å². The molecular weight excluding hydrogens is 256 g/mol. The van der Waals surface area contributed by atoms with E-state index in [2.05, 4.69) is 21.7 Å². The number of rotatable bonds is 8. The largest absolute Gasteiger partial charge is 0.497 e. The lowest BCUT2D eigenvalue weighted by Gasteiger charge is -2.05. The van der Waals surface area contributed by atoms with E-state index in [-0.39, 0.29) is 6.61 Å². The summed E-state index contributed by atoms with van der Waals surface area (Å²) in [5.41, 5.74) is 2.12. The topological polar surface area (TPSA) is 72.2 Å². The smallest absolute Gasteiger partial charge is 0.119 e. The molecule has 0 aliphatic rings. The molecule has 2 N–H and O–H groups in total. The van der Waals surface area contributed by atoms with Crippen molar-refractivity contribution in [3.8, 4) is 5.75 Å². The van der Waals surface area contributed by atoms with E-state index in [1.807, 2.05) is 24.4 Å². The van der Waals surface area contributed by atoms with Gasteiger partial charge in [0.05, 0.1) is 26.0 Å². The number of aromatic nitrogens is 3. The van der Waals surface area contributed by atoms with Gasteiger partial charge in [-0.1, -0.05) is 17.3 Å². The summed E-state index contributed by atoms with van der Waals surface area (Å²) < 4.78 is 6.83. The number of hydrogen-bond acceptors (Lipinski definition) is 5. The van der Waals surface area contributed by atoms with Crippen molar-refractivity contribution in [2.24, 2.45) is 0 Å². The van der Waals surface area contributed by atoms with E-state index in [9.17, 15) is 0 Å². The molecule has 0 aliphatic heterocycles. The van der Waals surface area contributed by atoms with Crippen molar-refractivity contribution in [3.63, 3.8) is 0 Å². The molecule has 0 radical (unpaired) electrons. The van der Waals surface area contributed by atoms with Gasteiger partial charge in [-0.15, -0.1) is 5.10 Å². The van der Waals surface area contributed by atoms with Gasteiger partial charge in [-0.25, -0.2) is 4.68 Å². The molecule has 1 aromatic heterocycles. The van der Waals surface area contributed by atoms with Gasteiger partial charge in [-0.2, -0.15) is 0 Å². The number of hydrogen-bond donors (Lipinski definition) is 2. The molecule has 1 heterocycles. The third kappa shape index (κ3) is 4.32. The zero-order valence-electron chi connectivity index (χ0n) is 11.6. The van der Waals surface area contributed by atoms with E-state index in [4.69, 9.17) is 9.84 Å². The molecule has 6 heteroatoms. The van der Waals surface area contributed by atoms with Crippen molar-refractivity contribution in [2.45, 2.75) is 19.5 Å². The summed E-state index contributed by atoms with van der Waals surface area (Å²) in [7, 11) is 1.67. The van der Waals surface area contributed by atoms with E-state index in [0.717, 1.165) is 24.4 Å². The molecule has 0 saturated carbocycles. The first-order valence-corrected chi connectivity index (χ1v) is 6.65. The minimum Gasteiger partial charge on any atom is -0.497 e. The number of nitrogens with zero attached hydrogens (tertiary/aromatic N) is 3. The SMILES string of the molecule is COc1cccc(CCNCc2cn(CCO)nn2)c1. The molecule has 0 spiro atoms. The number of benzene rings is 1. The van der Waals surface area contributed by atoms with Crippen LogP contribution in [0.2, 0.25) is 0 Å². The Kier molecular flexibility index (Phi) is 5.52. The van der Waals surface area contributed by atoms with Crippen molar-refractivity contribution >= 4 is 0 Å². The van der Waals surface area contributed by atoms with E-state index >= 15 is 0 Å². The van der Waals surface area contributed by atoms with Gasteiger partial charge in [0.1, 0.15) is 5.75 Å². The Bertz CT molecular complexity index is 527. The molecule has 0 bridgehead atoms. The van der Waals surface area contributed by atoms with Gasteiger partial charge in [0.15, 0.2) is 0 Å². The second-order valence-electron chi connectivity index (χ2n) is 4.47. The van der Waals surface area contributed by atoms with E-state index in [0.29, 0.717) is 13.1 Å². The lowest BCUT2D eigenvalue weighted by molar-refractivity contribution is 0.268. The molecule has 0 unspecified atom stereocenters. The Labute approximate surface area is 118 Å². The zero-order valence-corrected chi connectivity index (χ0v) is 11.6. The highest BCUT2D eigenvalue weighted by molar-refractivity contribution is 5.28. The fourth-order valence-electron chi connectivity index (χ4n) is 1.91. The highest BCUT2D eigenvalue weighted by Crippen LogP contribution is 2.12. The van der Waals surface area contributed by atoms with Gasteiger partial charge in [-0.3, -0.25) is 0 Å². The summed E-state index contributed by atoms with van der Waals surface area (Å²) in [5.74, 6) is 0.884. The molecule has 0 atom stereocenters. The van der Waals surface area contributed by atoms with Crippen molar-refractivity contribution in [2.75, 3.05) is 20.3 Å². The molecule has 108 valence electrons. The highest BCUT2D eigenvalue weighted by atomic mass is 16.5. The Morgan fingerprint density at radius 2 is 2.30 bits per heavy atom. The minimum atomic E-state index is 0.0755. The molecule has 0 amide bonds. The quantitative estimate of drug-likeness (QED) is 0.691. The second-order valence-corrected chi connectivity index (χ2v) is 4.47. The van der Waals surface area contributed by atoms with E-state index in [1.165, 1.54) is 5.56 Å². The Hall–Kier alpha value is -1.92. The summed E-state index contributed by atoms with van der Waals surface area (Å²) in [6.07, 6.45) is 2.77. The first-order valence-electron chi connectivity index (χ1n) is 6.65. The number of ether oxygens (including phenoxy) is 1. The molecule has 6 nitrogen and oxygen atoms in total. The van der Waals surface area contributed by atoms with Crippen molar-refractivity contribution in [3.05, 3.63) is 41.7 Å². The van der Waals surface area contributed by atoms with E-state index < -0.39 is 0 Å². The van der Waals surface area contributed by atoms with Crippen LogP contribution in [0.1, 0.15) is 11.3 Å². The fraction of sp³-hybridized carbons (Fsp3) is 0.429. The lowest BCUT2D eigenvalue weighted by Crippen LogP contribution is -2.17. The standard InChI is InChI=1S/C14H20N4O2/c1-20-14-4-2-3-12(9-14)5-6-15-10-13-11-18(7-8-19)17-16-13/h2-4,9,11,15,19H,5-8,10H2,1H3. The molecule has 0 aliphatic carbocycles. The summed E-state index contributed by atoms with van der Waals surface area (Å²) in [6.45, 7) is 2.10. The predicted molar refractivity (Wildman–Crippen MR) is 75.5 cm³/mol. The maximum atomic E-state index is 8.80. The minimum absolute atomic E-state index is 0.0755. The zero-order chi connectivity index (χ0) is 14.2. The van der Waals surface area contributed by atoms with Crippen LogP contribution < -0.4 is 10.1 Å². The van der Waals surface area contributed by atoms with Crippen LogP contribution in [0.5, 0.6) is 5.75 Å². The van der Waals surface area contributed by atoms with Crippen LogP contribution in [0.3, 0.4) is 0 Å². The van der Waals surface area contributed by atoms with Crippen molar-refractivity contribution in [1.29, 1.82) is 0 Å². The average Bonchev–Trinajstić information content (AvgIpc) is 2.92. The molecule has 2 rings (SSSR count). The van der Waals surface area contributed by atoms with Crippen LogP contribution >= 0.6 is 0 Å². The third-order valence-corrected chi connectivity index (χ3v) is 2.95. The Morgan fingerprint density at radius 3 is 3.10 bits per heavy atom. The van der Waals surface area contributed by atoms with Crippen molar-refractivity contribution < 1.29 is 9.84 Å². The molecule has 0 fully saturated rings. The molecule has 20 heavy (non-hydrogen) atoms. The first kappa shape index (κ1) is 14.5. The van der Waals surface area contributed by atoms with Crippen LogP contribution in [0.25, 0.3) is 0 Å². The van der Waals surface area contributed by atoms with Crippen LogP contribution in [0.4, 0.5) is 0 Å². The third-order valence-electron chi connectivity index (χ3n) is 2.95. The van der Waals surface area contributed by atoms with Gasteiger partial charge in [0.25, 0.3) is 0 Å². The maximum absolute atomic E-state index is 8.80. The summed E-state index contributed by atoms with van der Waals surface area (Å²) in [4.78, 5) is 0. The van der Waals surface area contributed by atoms with Crippen molar-refractivity contribution in [1.82, 2.24) is 20.3 Å². The maximum Gasteiger partial charge on any atom is 0.119 e. The molecule has 1 aromatic carbocycles. The highest BCUT2D eigenvalue weighted by Gasteiger charge is 2.00. The van der Waals surface area contributed by atoms with Crippen LogP contribution in [0, 0.1) is 0 Å².